The van der Waals surface area contributed by atoms with Gasteiger partial charge in [0.1, 0.15) is 11.1 Å². The molecule has 0 spiro atoms. The molecule has 0 saturated heterocycles. The van der Waals surface area contributed by atoms with Crippen LogP contribution in [0.5, 0.6) is 0 Å². The molecule has 0 aromatic rings. The largest absolute Gasteiger partial charge is 0.459 e. The molecule has 2 atom stereocenters. The number of carbonyl (C=O) groups excluding carboxylic acids is 1. The van der Waals surface area contributed by atoms with E-state index in [-0.39, 0.29) is 11.9 Å². The first-order valence-electron chi connectivity index (χ1n) is 4.44. The summed E-state index contributed by atoms with van der Waals surface area (Å²) in [7, 11) is 0. The predicted molar refractivity (Wildman–Crippen MR) is 51.1 cm³/mol. The van der Waals surface area contributed by atoms with Gasteiger partial charge in [-0.05, 0) is 27.2 Å². The van der Waals surface area contributed by atoms with Crippen LogP contribution in [0, 0.1) is 5.92 Å². The van der Waals surface area contributed by atoms with Crippen molar-refractivity contribution in [2.24, 2.45) is 11.7 Å². The Morgan fingerprint density at radius 1 is 1.69 bits per heavy atom. The van der Waals surface area contributed by atoms with Crippen molar-refractivity contribution in [1.82, 2.24) is 0 Å². The molecule has 0 aliphatic heterocycles. The third kappa shape index (κ3) is 2.10. The lowest BCUT2D eigenvalue weighted by atomic mass is 10.1. The molecule has 3 heteroatoms. The number of carbonyl (C=O) groups is 1. The van der Waals surface area contributed by atoms with Crippen molar-refractivity contribution in [2.45, 2.75) is 38.3 Å². The second kappa shape index (κ2) is 2.84. The van der Waals surface area contributed by atoms with Crippen LogP contribution in [0.25, 0.3) is 0 Å². The maximum atomic E-state index is 11.5. The molecule has 2 unspecified atom stereocenters. The van der Waals surface area contributed by atoms with Crippen LogP contribution in [0.4, 0.5) is 0 Å². The number of nitrogens with two attached hydrogens (primary N) is 1. The fourth-order valence-corrected chi connectivity index (χ4v) is 1.21. The van der Waals surface area contributed by atoms with E-state index >= 15 is 0 Å². The topological polar surface area (TPSA) is 52.3 Å². The lowest BCUT2D eigenvalue weighted by Gasteiger charge is -2.22. The number of hydrogen-bond acceptors (Lipinski definition) is 3. The van der Waals surface area contributed by atoms with Crippen molar-refractivity contribution in [1.29, 1.82) is 0 Å². The van der Waals surface area contributed by atoms with Crippen LogP contribution in [0.15, 0.2) is 12.7 Å². The van der Waals surface area contributed by atoms with E-state index in [1.807, 2.05) is 20.8 Å². The van der Waals surface area contributed by atoms with E-state index in [4.69, 9.17) is 10.5 Å². The Morgan fingerprint density at radius 3 is 2.54 bits per heavy atom. The quantitative estimate of drug-likeness (QED) is 0.517. The highest BCUT2D eigenvalue weighted by atomic mass is 16.6. The summed E-state index contributed by atoms with van der Waals surface area (Å²) in [5.74, 6) is -0.229. The molecule has 1 fully saturated rings. The second-order valence-corrected chi connectivity index (χ2v) is 4.59. The maximum absolute atomic E-state index is 11.5. The van der Waals surface area contributed by atoms with Gasteiger partial charge in [-0.2, -0.15) is 0 Å². The summed E-state index contributed by atoms with van der Waals surface area (Å²) >= 11 is 0. The molecular weight excluding hydrogens is 166 g/mol. The van der Waals surface area contributed by atoms with Crippen LogP contribution in [0.1, 0.15) is 27.2 Å². The van der Waals surface area contributed by atoms with Crippen molar-refractivity contribution in [3.8, 4) is 0 Å². The van der Waals surface area contributed by atoms with Gasteiger partial charge in [0.25, 0.3) is 0 Å². The third-order valence-electron chi connectivity index (χ3n) is 2.12. The number of rotatable bonds is 2. The Balaban J connectivity index is 2.56. The summed E-state index contributed by atoms with van der Waals surface area (Å²) < 4.78 is 5.18. The molecule has 0 heterocycles. The lowest BCUT2D eigenvalue weighted by molar-refractivity contribution is -0.158. The molecule has 0 aromatic heterocycles. The number of esters is 1. The molecule has 3 nitrogen and oxygen atoms in total. The third-order valence-corrected chi connectivity index (χ3v) is 2.12. The highest BCUT2D eigenvalue weighted by Crippen LogP contribution is 2.43. The zero-order valence-electron chi connectivity index (χ0n) is 8.46. The molecule has 1 aliphatic carbocycles. The molecule has 0 aromatic carbocycles. The Morgan fingerprint density at radius 2 is 2.23 bits per heavy atom. The first-order chi connectivity index (χ1) is 5.79. The molecule has 0 bridgehead atoms. The van der Waals surface area contributed by atoms with Gasteiger partial charge >= 0.3 is 5.97 Å². The van der Waals surface area contributed by atoms with Crippen LogP contribution in [0.2, 0.25) is 0 Å². The van der Waals surface area contributed by atoms with Gasteiger partial charge in [-0.15, -0.1) is 6.58 Å². The molecule has 13 heavy (non-hydrogen) atoms. The van der Waals surface area contributed by atoms with E-state index in [1.54, 1.807) is 6.08 Å². The highest BCUT2D eigenvalue weighted by molar-refractivity contribution is 5.85. The Bertz CT molecular complexity index is 242. The SMILES string of the molecule is C=CC1CC1(N)C(=O)OC(C)(C)C. The number of ether oxygens (including phenoxy) is 1. The van der Waals surface area contributed by atoms with E-state index in [9.17, 15) is 4.79 Å². The van der Waals surface area contributed by atoms with Crippen molar-refractivity contribution in [3.63, 3.8) is 0 Å². The van der Waals surface area contributed by atoms with Crippen LogP contribution in [-0.4, -0.2) is 17.1 Å². The Hall–Kier alpha value is -0.830. The van der Waals surface area contributed by atoms with Crippen LogP contribution < -0.4 is 5.73 Å². The molecule has 1 saturated carbocycles. The minimum Gasteiger partial charge on any atom is -0.459 e. The summed E-state index contributed by atoms with van der Waals surface area (Å²) in [6.45, 7) is 9.11. The Kier molecular flexibility index (Phi) is 2.24. The molecule has 0 amide bonds. The van der Waals surface area contributed by atoms with Crippen molar-refractivity contribution in [3.05, 3.63) is 12.7 Å². The minimum absolute atomic E-state index is 0.0855. The normalized spacial score (nSPS) is 32.5. The van der Waals surface area contributed by atoms with Gasteiger partial charge in [0, 0.05) is 5.92 Å². The Labute approximate surface area is 78.9 Å². The highest BCUT2D eigenvalue weighted by Gasteiger charge is 2.57. The predicted octanol–water partition coefficient (Wildman–Crippen LogP) is 1.23. The zero-order chi connectivity index (χ0) is 10.3. The minimum atomic E-state index is -0.797. The van der Waals surface area contributed by atoms with Crippen molar-refractivity contribution in [2.75, 3.05) is 0 Å². The van der Waals surface area contributed by atoms with Gasteiger partial charge in [-0.3, -0.25) is 4.79 Å². The van der Waals surface area contributed by atoms with Crippen LogP contribution >= 0.6 is 0 Å². The summed E-state index contributed by atoms with van der Waals surface area (Å²) in [5.41, 5.74) is 4.55. The van der Waals surface area contributed by atoms with Gasteiger partial charge in [0.2, 0.25) is 0 Å². The van der Waals surface area contributed by atoms with E-state index < -0.39 is 11.1 Å². The molecular formula is C10H17NO2. The number of hydrogen-bond donors (Lipinski definition) is 1. The van der Waals surface area contributed by atoms with E-state index in [2.05, 4.69) is 6.58 Å². The summed E-state index contributed by atoms with van der Waals surface area (Å²) in [6, 6.07) is 0. The van der Waals surface area contributed by atoms with Crippen LogP contribution in [0.3, 0.4) is 0 Å². The van der Waals surface area contributed by atoms with Gasteiger partial charge in [0.15, 0.2) is 0 Å². The monoisotopic (exact) mass is 183 g/mol. The standard InChI is InChI=1S/C10H17NO2/c1-5-7-6-10(7,11)8(12)13-9(2,3)4/h5,7H,1,6,11H2,2-4H3. The summed E-state index contributed by atoms with van der Waals surface area (Å²) in [6.07, 6.45) is 2.37. The fourth-order valence-electron chi connectivity index (χ4n) is 1.21. The molecule has 1 rings (SSSR count). The maximum Gasteiger partial charge on any atom is 0.327 e. The summed E-state index contributed by atoms with van der Waals surface area (Å²) in [4.78, 5) is 11.5. The van der Waals surface area contributed by atoms with Crippen molar-refractivity contribution < 1.29 is 9.53 Å². The van der Waals surface area contributed by atoms with Crippen LogP contribution in [-0.2, 0) is 9.53 Å². The fraction of sp³-hybridized carbons (Fsp3) is 0.700. The average Bonchev–Trinajstić information content (AvgIpc) is 2.60. The van der Waals surface area contributed by atoms with E-state index in [0.717, 1.165) is 0 Å². The second-order valence-electron chi connectivity index (χ2n) is 4.59. The molecule has 74 valence electrons. The van der Waals surface area contributed by atoms with Gasteiger partial charge in [-0.1, -0.05) is 6.08 Å². The zero-order valence-corrected chi connectivity index (χ0v) is 8.46. The van der Waals surface area contributed by atoms with Gasteiger partial charge in [0.05, 0.1) is 0 Å². The average molecular weight is 183 g/mol. The first-order valence-corrected chi connectivity index (χ1v) is 4.44. The molecule has 0 radical (unpaired) electrons. The van der Waals surface area contributed by atoms with E-state index in [1.165, 1.54) is 0 Å². The smallest absolute Gasteiger partial charge is 0.327 e. The van der Waals surface area contributed by atoms with Gasteiger partial charge < -0.3 is 10.5 Å². The van der Waals surface area contributed by atoms with Crippen molar-refractivity contribution >= 4 is 5.97 Å². The molecule has 2 N–H and O–H groups in total. The first kappa shape index (κ1) is 10.3. The lowest BCUT2D eigenvalue weighted by Crippen LogP contribution is -2.40. The van der Waals surface area contributed by atoms with E-state index in [0.29, 0.717) is 6.42 Å². The molecule has 1 aliphatic rings. The van der Waals surface area contributed by atoms with Gasteiger partial charge in [-0.25, -0.2) is 0 Å². The summed E-state index contributed by atoms with van der Waals surface area (Å²) in [5, 5.41) is 0.